The standard InChI is InChI=1S/C20H24O4/c1-4-5-6-13-24-17-10-7-15(8-11-17)20(21)16-9-12-18(22-2)19(14-16)23-3/h7-12,14H,4-6,13H2,1-3H3. The molecular weight excluding hydrogens is 304 g/mol. The Morgan fingerprint density at radius 3 is 2.17 bits per heavy atom. The Morgan fingerprint density at radius 2 is 1.54 bits per heavy atom. The summed E-state index contributed by atoms with van der Waals surface area (Å²) >= 11 is 0. The average molecular weight is 328 g/mol. The quantitative estimate of drug-likeness (QED) is 0.502. The van der Waals surface area contributed by atoms with Crippen LogP contribution in [0.5, 0.6) is 17.2 Å². The SMILES string of the molecule is CCCCCOc1ccc(C(=O)c2ccc(OC)c(OC)c2)cc1. The minimum Gasteiger partial charge on any atom is -0.494 e. The first-order chi connectivity index (χ1) is 11.7. The van der Waals surface area contributed by atoms with E-state index in [1.165, 1.54) is 6.42 Å². The molecule has 0 fully saturated rings. The normalized spacial score (nSPS) is 10.3. The number of benzene rings is 2. The molecule has 2 aromatic rings. The van der Waals surface area contributed by atoms with Crippen molar-refractivity contribution in [2.75, 3.05) is 20.8 Å². The van der Waals surface area contributed by atoms with E-state index < -0.39 is 0 Å². The largest absolute Gasteiger partial charge is 0.494 e. The molecular formula is C20H24O4. The molecule has 2 rings (SSSR count). The second-order valence-corrected chi connectivity index (χ2v) is 5.48. The van der Waals surface area contributed by atoms with Gasteiger partial charge in [0.2, 0.25) is 0 Å². The zero-order chi connectivity index (χ0) is 17.4. The Labute approximate surface area is 143 Å². The molecule has 24 heavy (non-hydrogen) atoms. The van der Waals surface area contributed by atoms with Crippen LogP contribution < -0.4 is 14.2 Å². The van der Waals surface area contributed by atoms with Gasteiger partial charge in [-0.2, -0.15) is 0 Å². The molecule has 0 aliphatic carbocycles. The highest BCUT2D eigenvalue weighted by molar-refractivity contribution is 6.09. The van der Waals surface area contributed by atoms with Gasteiger partial charge in [0, 0.05) is 11.1 Å². The lowest BCUT2D eigenvalue weighted by atomic mass is 10.0. The predicted octanol–water partition coefficient (Wildman–Crippen LogP) is 4.50. The number of carbonyl (C=O) groups excluding carboxylic acids is 1. The molecule has 4 heteroatoms. The second-order valence-electron chi connectivity index (χ2n) is 5.48. The zero-order valence-electron chi connectivity index (χ0n) is 14.5. The van der Waals surface area contributed by atoms with Crippen LogP contribution in [-0.4, -0.2) is 26.6 Å². The highest BCUT2D eigenvalue weighted by Gasteiger charge is 2.13. The Hall–Kier alpha value is -2.49. The summed E-state index contributed by atoms with van der Waals surface area (Å²) in [7, 11) is 3.12. The zero-order valence-corrected chi connectivity index (χ0v) is 14.5. The van der Waals surface area contributed by atoms with Crippen molar-refractivity contribution in [3.8, 4) is 17.2 Å². The lowest BCUT2D eigenvalue weighted by Crippen LogP contribution is -2.03. The Kier molecular flexibility index (Phi) is 6.67. The lowest BCUT2D eigenvalue weighted by molar-refractivity contribution is 0.103. The van der Waals surface area contributed by atoms with Gasteiger partial charge in [0.25, 0.3) is 0 Å². The molecule has 0 N–H and O–H groups in total. The maximum atomic E-state index is 12.6. The summed E-state index contributed by atoms with van der Waals surface area (Å²) in [6, 6.07) is 12.4. The first-order valence-corrected chi connectivity index (χ1v) is 8.19. The molecule has 0 aromatic heterocycles. The molecule has 0 bridgehead atoms. The van der Waals surface area contributed by atoms with E-state index in [0.717, 1.165) is 18.6 Å². The van der Waals surface area contributed by atoms with Gasteiger partial charge in [0.15, 0.2) is 17.3 Å². The summed E-state index contributed by atoms with van der Waals surface area (Å²) in [4.78, 5) is 12.6. The number of hydrogen-bond acceptors (Lipinski definition) is 4. The number of rotatable bonds is 9. The molecule has 0 aliphatic rings. The molecule has 0 radical (unpaired) electrons. The van der Waals surface area contributed by atoms with Gasteiger partial charge >= 0.3 is 0 Å². The van der Waals surface area contributed by atoms with Crippen LogP contribution >= 0.6 is 0 Å². The second kappa shape index (κ2) is 8.96. The van der Waals surface area contributed by atoms with Gasteiger partial charge in [0.1, 0.15) is 5.75 Å². The van der Waals surface area contributed by atoms with Gasteiger partial charge in [-0.05, 0) is 48.9 Å². The molecule has 2 aromatic carbocycles. The fourth-order valence-corrected chi connectivity index (χ4v) is 2.39. The van der Waals surface area contributed by atoms with Crippen molar-refractivity contribution in [2.24, 2.45) is 0 Å². The number of ketones is 1. The first kappa shape index (κ1) is 17.9. The molecule has 0 saturated carbocycles. The van der Waals surface area contributed by atoms with Gasteiger partial charge < -0.3 is 14.2 Å². The van der Waals surface area contributed by atoms with Crippen LogP contribution in [0.25, 0.3) is 0 Å². The summed E-state index contributed by atoms with van der Waals surface area (Å²) in [6.07, 6.45) is 3.38. The topological polar surface area (TPSA) is 44.8 Å². The summed E-state index contributed by atoms with van der Waals surface area (Å²) in [5, 5.41) is 0. The number of hydrogen-bond donors (Lipinski definition) is 0. The van der Waals surface area contributed by atoms with E-state index in [2.05, 4.69) is 6.92 Å². The van der Waals surface area contributed by atoms with E-state index in [0.29, 0.717) is 29.2 Å². The Morgan fingerprint density at radius 1 is 0.875 bits per heavy atom. The van der Waals surface area contributed by atoms with Crippen molar-refractivity contribution >= 4 is 5.78 Å². The molecule has 128 valence electrons. The van der Waals surface area contributed by atoms with Crippen LogP contribution in [0.3, 0.4) is 0 Å². The van der Waals surface area contributed by atoms with Gasteiger partial charge in [-0.3, -0.25) is 4.79 Å². The Balaban J connectivity index is 2.07. The molecule has 0 atom stereocenters. The van der Waals surface area contributed by atoms with E-state index in [9.17, 15) is 4.79 Å². The maximum Gasteiger partial charge on any atom is 0.193 e. The molecule has 0 aliphatic heterocycles. The highest BCUT2D eigenvalue weighted by atomic mass is 16.5. The van der Waals surface area contributed by atoms with Gasteiger partial charge in [-0.1, -0.05) is 19.8 Å². The molecule has 0 saturated heterocycles. The van der Waals surface area contributed by atoms with E-state index >= 15 is 0 Å². The van der Waals surface area contributed by atoms with Crippen molar-refractivity contribution in [1.29, 1.82) is 0 Å². The maximum absolute atomic E-state index is 12.6. The van der Waals surface area contributed by atoms with Crippen molar-refractivity contribution in [3.63, 3.8) is 0 Å². The summed E-state index contributed by atoms with van der Waals surface area (Å²) in [5.74, 6) is 1.87. The van der Waals surface area contributed by atoms with Crippen molar-refractivity contribution < 1.29 is 19.0 Å². The van der Waals surface area contributed by atoms with Crippen LogP contribution in [0.4, 0.5) is 0 Å². The van der Waals surface area contributed by atoms with E-state index in [1.807, 2.05) is 12.1 Å². The van der Waals surface area contributed by atoms with E-state index in [-0.39, 0.29) is 5.78 Å². The van der Waals surface area contributed by atoms with Gasteiger partial charge in [0.05, 0.1) is 20.8 Å². The first-order valence-electron chi connectivity index (χ1n) is 8.19. The molecule has 0 heterocycles. The van der Waals surface area contributed by atoms with Crippen molar-refractivity contribution in [1.82, 2.24) is 0 Å². The predicted molar refractivity (Wildman–Crippen MR) is 94.4 cm³/mol. The van der Waals surface area contributed by atoms with Crippen LogP contribution in [0.2, 0.25) is 0 Å². The van der Waals surface area contributed by atoms with Gasteiger partial charge in [-0.15, -0.1) is 0 Å². The molecule has 0 unspecified atom stereocenters. The monoisotopic (exact) mass is 328 g/mol. The number of unbranched alkanes of at least 4 members (excludes halogenated alkanes) is 2. The minimum atomic E-state index is -0.0616. The highest BCUT2D eigenvalue weighted by Crippen LogP contribution is 2.28. The van der Waals surface area contributed by atoms with Crippen LogP contribution in [0.1, 0.15) is 42.1 Å². The smallest absolute Gasteiger partial charge is 0.193 e. The third-order valence-electron chi connectivity index (χ3n) is 3.78. The van der Waals surface area contributed by atoms with Gasteiger partial charge in [-0.25, -0.2) is 0 Å². The van der Waals surface area contributed by atoms with Crippen LogP contribution in [0, 0.1) is 0 Å². The average Bonchev–Trinajstić information content (AvgIpc) is 2.64. The molecule has 0 spiro atoms. The number of carbonyl (C=O) groups is 1. The number of methoxy groups -OCH3 is 2. The third kappa shape index (κ3) is 4.51. The Bertz CT molecular complexity index is 662. The molecule has 4 nitrogen and oxygen atoms in total. The van der Waals surface area contributed by atoms with E-state index in [4.69, 9.17) is 14.2 Å². The number of ether oxygens (including phenoxy) is 3. The van der Waals surface area contributed by atoms with Crippen LogP contribution in [-0.2, 0) is 0 Å². The summed E-state index contributed by atoms with van der Waals surface area (Å²) in [6.45, 7) is 2.87. The summed E-state index contributed by atoms with van der Waals surface area (Å²) in [5.41, 5.74) is 1.17. The van der Waals surface area contributed by atoms with E-state index in [1.54, 1.807) is 44.6 Å². The third-order valence-corrected chi connectivity index (χ3v) is 3.78. The fourth-order valence-electron chi connectivity index (χ4n) is 2.39. The fraction of sp³-hybridized carbons (Fsp3) is 0.350. The van der Waals surface area contributed by atoms with Crippen molar-refractivity contribution in [3.05, 3.63) is 53.6 Å². The minimum absolute atomic E-state index is 0.0616. The molecule has 0 amide bonds. The van der Waals surface area contributed by atoms with Crippen LogP contribution in [0.15, 0.2) is 42.5 Å². The van der Waals surface area contributed by atoms with Crippen molar-refractivity contribution in [2.45, 2.75) is 26.2 Å². The lowest BCUT2D eigenvalue weighted by Gasteiger charge is -2.10. The summed E-state index contributed by atoms with van der Waals surface area (Å²) < 4.78 is 16.1.